The van der Waals surface area contributed by atoms with Crippen molar-refractivity contribution < 1.29 is 9.90 Å². The number of rotatable bonds is 7. The van der Waals surface area contributed by atoms with Crippen molar-refractivity contribution in [2.45, 2.75) is 13.1 Å². The molecule has 3 rings (SSSR count). The topological polar surface area (TPSA) is 71.2 Å². The molecule has 1 N–H and O–H groups in total. The third-order valence-electron chi connectivity index (χ3n) is 3.84. The number of hydrogen-bond donors (Lipinski definition) is 1. The third kappa shape index (κ3) is 4.51. The van der Waals surface area contributed by atoms with E-state index in [2.05, 4.69) is 10.3 Å². The molecule has 25 heavy (non-hydrogen) atoms. The molecule has 0 aliphatic rings. The summed E-state index contributed by atoms with van der Waals surface area (Å²) in [4.78, 5) is 14.2. The van der Waals surface area contributed by atoms with Gasteiger partial charge < -0.3 is 10.0 Å². The van der Waals surface area contributed by atoms with Gasteiger partial charge in [0.15, 0.2) is 0 Å². The second-order valence-electron chi connectivity index (χ2n) is 5.69. The van der Waals surface area contributed by atoms with Crippen LogP contribution in [0.2, 0.25) is 0 Å². The van der Waals surface area contributed by atoms with Gasteiger partial charge in [-0.3, -0.25) is 4.79 Å². The molecular weight excluding hydrogens is 316 g/mol. The van der Waals surface area contributed by atoms with E-state index in [1.54, 1.807) is 11.1 Å². The van der Waals surface area contributed by atoms with Gasteiger partial charge in [-0.1, -0.05) is 65.9 Å². The van der Waals surface area contributed by atoms with Crippen LogP contribution in [-0.2, 0) is 17.9 Å². The number of nitrogens with zero attached hydrogens (tertiary/aromatic N) is 4. The summed E-state index contributed by atoms with van der Waals surface area (Å²) in [5, 5.41) is 17.4. The molecule has 0 atom stereocenters. The Kier molecular flexibility index (Phi) is 5.53. The van der Waals surface area contributed by atoms with E-state index >= 15 is 0 Å². The Balaban J connectivity index is 1.68. The van der Waals surface area contributed by atoms with Crippen LogP contribution in [0.3, 0.4) is 0 Å². The largest absolute Gasteiger partial charge is 0.395 e. The molecule has 0 bridgehead atoms. The number of aliphatic hydroxyl groups is 1. The van der Waals surface area contributed by atoms with E-state index in [4.69, 9.17) is 0 Å². The lowest BCUT2D eigenvalue weighted by Gasteiger charge is -2.21. The fraction of sp³-hybridized carbons (Fsp3) is 0.211. The zero-order chi connectivity index (χ0) is 17.5. The van der Waals surface area contributed by atoms with Crippen LogP contribution in [-0.4, -0.2) is 44.1 Å². The van der Waals surface area contributed by atoms with Gasteiger partial charge in [-0.2, -0.15) is 0 Å². The van der Waals surface area contributed by atoms with E-state index in [1.165, 1.54) is 4.68 Å². The fourth-order valence-corrected chi connectivity index (χ4v) is 2.57. The molecule has 6 heteroatoms. The van der Waals surface area contributed by atoms with E-state index in [9.17, 15) is 9.90 Å². The number of carbonyl (C=O) groups excluding carboxylic acids is 1. The Morgan fingerprint density at radius 3 is 2.40 bits per heavy atom. The van der Waals surface area contributed by atoms with Crippen LogP contribution in [0, 0.1) is 0 Å². The fourth-order valence-electron chi connectivity index (χ4n) is 2.57. The van der Waals surface area contributed by atoms with Gasteiger partial charge in [0.25, 0.3) is 0 Å². The number of amides is 1. The Hall–Kier alpha value is -2.99. The normalized spacial score (nSPS) is 10.6. The van der Waals surface area contributed by atoms with Crippen LogP contribution in [0.25, 0.3) is 11.3 Å². The van der Waals surface area contributed by atoms with Gasteiger partial charge in [-0.15, -0.1) is 5.10 Å². The van der Waals surface area contributed by atoms with Crippen molar-refractivity contribution in [3.05, 3.63) is 72.4 Å². The average molecular weight is 336 g/mol. The minimum atomic E-state index is -0.109. The van der Waals surface area contributed by atoms with Crippen LogP contribution in [0.1, 0.15) is 5.56 Å². The second kappa shape index (κ2) is 8.21. The first-order chi connectivity index (χ1) is 12.3. The van der Waals surface area contributed by atoms with Gasteiger partial charge in [0.05, 0.1) is 12.8 Å². The minimum Gasteiger partial charge on any atom is -0.395 e. The molecule has 0 spiro atoms. The molecule has 0 unspecified atom stereocenters. The summed E-state index contributed by atoms with van der Waals surface area (Å²) in [5.74, 6) is -0.109. The molecule has 0 aliphatic heterocycles. The molecule has 0 radical (unpaired) electrons. The van der Waals surface area contributed by atoms with Gasteiger partial charge in [0.2, 0.25) is 5.91 Å². The summed E-state index contributed by atoms with van der Waals surface area (Å²) in [6, 6.07) is 19.4. The standard InChI is InChI=1S/C19H20N4O2/c24-12-11-22(13-16-7-3-1-4-8-16)19(25)15-23-14-18(20-21-23)17-9-5-2-6-10-17/h1-10,14,24H,11-13,15H2. The second-order valence-corrected chi connectivity index (χ2v) is 5.69. The Morgan fingerprint density at radius 1 is 1.04 bits per heavy atom. The highest BCUT2D eigenvalue weighted by Crippen LogP contribution is 2.15. The maximum absolute atomic E-state index is 12.6. The zero-order valence-corrected chi connectivity index (χ0v) is 13.8. The predicted octanol–water partition coefficient (Wildman–Crippen LogP) is 1.97. The molecule has 0 saturated carbocycles. The molecule has 128 valence electrons. The number of hydrogen-bond acceptors (Lipinski definition) is 4. The van der Waals surface area contributed by atoms with Gasteiger partial charge >= 0.3 is 0 Å². The van der Waals surface area contributed by atoms with Crippen LogP contribution in [0.5, 0.6) is 0 Å². The van der Waals surface area contributed by atoms with E-state index < -0.39 is 0 Å². The summed E-state index contributed by atoms with van der Waals surface area (Å²) >= 11 is 0. The molecule has 1 amide bonds. The lowest BCUT2D eigenvalue weighted by Crippen LogP contribution is -2.35. The highest BCUT2D eigenvalue weighted by molar-refractivity contribution is 5.76. The predicted molar refractivity (Wildman–Crippen MR) is 94.4 cm³/mol. The van der Waals surface area contributed by atoms with Crippen molar-refractivity contribution >= 4 is 5.91 Å². The van der Waals surface area contributed by atoms with E-state index in [0.29, 0.717) is 6.54 Å². The van der Waals surface area contributed by atoms with Crippen molar-refractivity contribution in [3.8, 4) is 11.3 Å². The van der Waals surface area contributed by atoms with Crippen molar-refractivity contribution in [1.29, 1.82) is 0 Å². The average Bonchev–Trinajstić information content (AvgIpc) is 3.11. The first-order valence-electron chi connectivity index (χ1n) is 8.14. The minimum absolute atomic E-state index is 0.0782. The van der Waals surface area contributed by atoms with Crippen LogP contribution >= 0.6 is 0 Å². The Morgan fingerprint density at radius 2 is 1.72 bits per heavy atom. The molecule has 6 nitrogen and oxygen atoms in total. The summed E-state index contributed by atoms with van der Waals surface area (Å²) in [6.07, 6.45) is 1.76. The Labute approximate surface area is 146 Å². The molecule has 1 heterocycles. The molecule has 3 aromatic rings. The monoisotopic (exact) mass is 336 g/mol. The maximum atomic E-state index is 12.6. The van der Waals surface area contributed by atoms with Gasteiger partial charge in [0.1, 0.15) is 12.2 Å². The summed E-state index contributed by atoms with van der Waals surface area (Å²) in [5.41, 5.74) is 2.70. The zero-order valence-electron chi connectivity index (χ0n) is 13.8. The van der Waals surface area contributed by atoms with E-state index in [-0.39, 0.29) is 25.6 Å². The number of benzene rings is 2. The van der Waals surface area contributed by atoms with Crippen molar-refractivity contribution in [2.75, 3.05) is 13.2 Å². The van der Waals surface area contributed by atoms with Crippen LogP contribution in [0.15, 0.2) is 66.9 Å². The maximum Gasteiger partial charge on any atom is 0.244 e. The smallest absolute Gasteiger partial charge is 0.244 e. The molecule has 0 saturated heterocycles. The van der Waals surface area contributed by atoms with E-state index in [0.717, 1.165) is 16.8 Å². The molecule has 0 aliphatic carbocycles. The summed E-state index contributed by atoms with van der Waals surface area (Å²) in [6.45, 7) is 0.756. The molecular formula is C19H20N4O2. The Bertz CT molecular complexity index is 803. The van der Waals surface area contributed by atoms with Crippen LogP contribution < -0.4 is 0 Å². The molecule has 0 fully saturated rings. The highest BCUT2D eigenvalue weighted by Gasteiger charge is 2.15. The summed E-state index contributed by atoms with van der Waals surface area (Å²) < 4.78 is 1.53. The number of aromatic nitrogens is 3. The summed E-state index contributed by atoms with van der Waals surface area (Å²) in [7, 11) is 0. The van der Waals surface area contributed by atoms with E-state index in [1.807, 2.05) is 60.7 Å². The first kappa shape index (κ1) is 16.9. The van der Waals surface area contributed by atoms with Gasteiger partial charge in [0, 0.05) is 18.7 Å². The van der Waals surface area contributed by atoms with Crippen LogP contribution in [0.4, 0.5) is 0 Å². The number of carbonyl (C=O) groups is 1. The van der Waals surface area contributed by atoms with Crippen molar-refractivity contribution in [1.82, 2.24) is 19.9 Å². The van der Waals surface area contributed by atoms with Gasteiger partial charge in [-0.25, -0.2) is 4.68 Å². The lowest BCUT2D eigenvalue weighted by atomic mass is 10.2. The lowest BCUT2D eigenvalue weighted by molar-refractivity contribution is -0.133. The van der Waals surface area contributed by atoms with Gasteiger partial charge in [-0.05, 0) is 5.56 Å². The number of aliphatic hydroxyl groups excluding tert-OH is 1. The quantitative estimate of drug-likeness (QED) is 0.716. The SMILES string of the molecule is O=C(Cn1cc(-c2ccccc2)nn1)N(CCO)Cc1ccccc1. The molecule has 1 aromatic heterocycles. The van der Waals surface area contributed by atoms with Crippen molar-refractivity contribution in [3.63, 3.8) is 0 Å². The molecule has 2 aromatic carbocycles. The highest BCUT2D eigenvalue weighted by atomic mass is 16.3. The third-order valence-corrected chi connectivity index (χ3v) is 3.84. The first-order valence-corrected chi connectivity index (χ1v) is 8.14. The van der Waals surface area contributed by atoms with Crippen molar-refractivity contribution in [2.24, 2.45) is 0 Å².